The largest absolute Gasteiger partial charge is 0.481 e. The predicted octanol–water partition coefficient (Wildman–Crippen LogP) is 4.79. The minimum absolute atomic E-state index is 0.00373. The molecule has 1 aliphatic carbocycles. The minimum Gasteiger partial charge on any atom is -0.481 e. The second-order valence-corrected chi connectivity index (χ2v) is 7.39. The Hall–Kier alpha value is -3.87. The Morgan fingerprint density at radius 1 is 0.774 bits per heavy atom. The third-order valence-corrected chi connectivity index (χ3v) is 5.27. The molecule has 0 heterocycles. The summed E-state index contributed by atoms with van der Waals surface area (Å²) in [6, 6.07) is 16.7. The third-order valence-electron chi connectivity index (χ3n) is 5.27. The number of rotatable bonds is 6. The Morgan fingerprint density at radius 2 is 1.35 bits per heavy atom. The summed E-state index contributed by atoms with van der Waals surface area (Å²) in [6.45, 7) is 0. The molecule has 0 aromatic heterocycles. The first-order valence-corrected chi connectivity index (χ1v) is 9.57. The smallest absolute Gasteiger partial charge is 0.307 e. The standard InChI is InChI=1S/C24H17F2NO4/c25-20-10-7-16(11-21(20)26)23(29)27-17-8-5-14(6-9-17)13-1-3-15(4-2-13)22(28)18-12-19(18)24(30)31/h1-11,18-19H,12H2,(H,27,29)(H,30,31)/t18-,19-/m1/s1. The van der Waals surface area contributed by atoms with E-state index < -0.39 is 35.3 Å². The lowest BCUT2D eigenvalue weighted by Gasteiger charge is -2.08. The Kier molecular flexibility index (Phi) is 5.33. The van der Waals surface area contributed by atoms with Crippen LogP contribution in [0.15, 0.2) is 66.7 Å². The molecular formula is C24H17F2NO4. The van der Waals surface area contributed by atoms with Gasteiger partial charge in [-0.15, -0.1) is 0 Å². The molecule has 0 spiro atoms. The lowest BCUT2D eigenvalue weighted by atomic mass is 10.0. The number of amides is 1. The highest BCUT2D eigenvalue weighted by Gasteiger charge is 2.48. The summed E-state index contributed by atoms with van der Waals surface area (Å²) in [6.07, 6.45) is 0.383. The molecule has 1 fully saturated rings. The van der Waals surface area contributed by atoms with Crippen molar-refractivity contribution in [1.82, 2.24) is 0 Å². The van der Waals surface area contributed by atoms with Gasteiger partial charge in [0.2, 0.25) is 0 Å². The number of aliphatic carboxylic acids is 1. The van der Waals surface area contributed by atoms with E-state index in [-0.39, 0.29) is 11.3 Å². The number of benzene rings is 3. The van der Waals surface area contributed by atoms with E-state index in [1.165, 1.54) is 6.07 Å². The Balaban J connectivity index is 1.42. The van der Waals surface area contributed by atoms with Gasteiger partial charge in [-0.1, -0.05) is 36.4 Å². The van der Waals surface area contributed by atoms with Gasteiger partial charge in [-0.3, -0.25) is 14.4 Å². The molecule has 2 atom stereocenters. The molecule has 4 rings (SSSR count). The van der Waals surface area contributed by atoms with Gasteiger partial charge in [-0.25, -0.2) is 8.78 Å². The fourth-order valence-electron chi connectivity index (χ4n) is 3.39. The van der Waals surface area contributed by atoms with Crippen LogP contribution in [0.5, 0.6) is 0 Å². The lowest BCUT2D eigenvalue weighted by molar-refractivity contribution is -0.138. The van der Waals surface area contributed by atoms with Crippen LogP contribution in [0.4, 0.5) is 14.5 Å². The van der Waals surface area contributed by atoms with Crippen molar-refractivity contribution >= 4 is 23.3 Å². The quantitative estimate of drug-likeness (QED) is 0.561. The summed E-state index contributed by atoms with van der Waals surface area (Å²) < 4.78 is 26.3. The van der Waals surface area contributed by atoms with Crippen LogP contribution in [0, 0.1) is 23.5 Å². The number of halogens is 2. The van der Waals surface area contributed by atoms with Crippen molar-refractivity contribution in [2.75, 3.05) is 5.32 Å². The molecule has 3 aromatic carbocycles. The van der Waals surface area contributed by atoms with Gasteiger partial charge in [0.1, 0.15) is 0 Å². The van der Waals surface area contributed by atoms with E-state index in [4.69, 9.17) is 5.11 Å². The number of Topliss-reactive ketones (excluding diaryl/α,β-unsaturated/α-hetero) is 1. The van der Waals surface area contributed by atoms with Crippen molar-refractivity contribution < 1.29 is 28.3 Å². The third kappa shape index (κ3) is 4.35. The lowest BCUT2D eigenvalue weighted by Crippen LogP contribution is -2.12. The van der Waals surface area contributed by atoms with E-state index in [9.17, 15) is 23.2 Å². The Bertz CT molecular complexity index is 1170. The predicted molar refractivity (Wildman–Crippen MR) is 110 cm³/mol. The first-order valence-electron chi connectivity index (χ1n) is 9.57. The van der Waals surface area contributed by atoms with Crippen LogP contribution in [-0.4, -0.2) is 22.8 Å². The molecule has 0 saturated heterocycles. The molecular weight excluding hydrogens is 404 g/mol. The monoisotopic (exact) mass is 421 g/mol. The number of hydrogen-bond acceptors (Lipinski definition) is 3. The van der Waals surface area contributed by atoms with E-state index in [1.54, 1.807) is 48.5 Å². The van der Waals surface area contributed by atoms with Crippen LogP contribution < -0.4 is 5.32 Å². The van der Waals surface area contributed by atoms with Crippen LogP contribution in [-0.2, 0) is 4.79 Å². The molecule has 0 unspecified atom stereocenters. The topological polar surface area (TPSA) is 83.5 Å². The van der Waals surface area contributed by atoms with E-state index in [0.29, 0.717) is 17.7 Å². The maximum atomic E-state index is 13.3. The number of anilines is 1. The van der Waals surface area contributed by atoms with Crippen LogP contribution >= 0.6 is 0 Å². The highest BCUT2D eigenvalue weighted by atomic mass is 19.2. The number of ketones is 1. The molecule has 1 amide bonds. The summed E-state index contributed by atoms with van der Waals surface area (Å²) >= 11 is 0. The number of nitrogens with one attached hydrogen (secondary N) is 1. The molecule has 2 N–H and O–H groups in total. The fourth-order valence-corrected chi connectivity index (χ4v) is 3.39. The number of hydrogen-bond donors (Lipinski definition) is 2. The van der Waals surface area contributed by atoms with Crippen LogP contribution in [0.3, 0.4) is 0 Å². The zero-order valence-electron chi connectivity index (χ0n) is 16.1. The SMILES string of the molecule is O=C(Nc1ccc(-c2ccc(C(=O)[C@@H]3C[C@H]3C(=O)O)cc2)cc1)c1ccc(F)c(F)c1. The summed E-state index contributed by atoms with van der Waals surface area (Å²) in [7, 11) is 0. The maximum Gasteiger partial charge on any atom is 0.307 e. The van der Waals surface area contributed by atoms with E-state index in [0.717, 1.165) is 23.3 Å². The van der Waals surface area contributed by atoms with Gasteiger partial charge in [-0.2, -0.15) is 0 Å². The van der Waals surface area contributed by atoms with Crippen LogP contribution in [0.1, 0.15) is 27.1 Å². The molecule has 31 heavy (non-hydrogen) atoms. The zero-order chi connectivity index (χ0) is 22.1. The zero-order valence-corrected chi connectivity index (χ0v) is 16.1. The molecule has 0 bridgehead atoms. The second kappa shape index (κ2) is 8.10. The van der Waals surface area contributed by atoms with Crippen molar-refractivity contribution in [3.05, 3.63) is 89.5 Å². The molecule has 0 aliphatic heterocycles. The summed E-state index contributed by atoms with van der Waals surface area (Å²) in [5.41, 5.74) is 2.66. The minimum atomic E-state index is -1.09. The van der Waals surface area contributed by atoms with Crippen LogP contribution in [0.25, 0.3) is 11.1 Å². The van der Waals surface area contributed by atoms with Crippen molar-refractivity contribution in [1.29, 1.82) is 0 Å². The van der Waals surface area contributed by atoms with Gasteiger partial charge in [0.15, 0.2) is 17.4 Å². The number of carboxylic acids is 1. The van der Waals surface area contributed by atoms with E-state index >= 15 is 0 Å². The fraction of sp³-hybridized carbons (Fsp3) is 0.125. The van der Waals surface area contributed by atoms with Crippen molar-refractivity contribution in [2.24, 2.45) is 11.8 Å². The number of carboxylic acid groups (broad SMARTS) is 1. The first-order chi connectivity index (χ1) is 14.8. The Morgan fingerprint density at radius 3 is 1.90 bits per heavy atom. The summed E-state index contributed by atoms with van der Waals surface area (Å²) in [5, 5.41) is 11.6. The maximum absolute atomic E-state index is 13.3. The molecule has 7 heteroatoms. The van der Waals surface area contributed by atoms with Crippen LogP contribution in [0.2, 0.25) is 0 Å². The average Bonchev–Trinajstić information content (AvgIpc) is 3.57. The van der Waals surface area contributed by atoms with E-state index in [2.05, 4.69) is 5.32 Å². The van der Waals surface area contributed by atoms with Gasteiger partial charge >= 0.3 is 5.97 Å². The highest BCUT2D eigenvalue weighted by Crippen LogP contribution is 2.41. The molecule has 0 radical (unpaired) electrons. The summed E-state index contributed by atoms with van der Waals surface area (Å²) in [5.74, 6) is -4.80. The molecule has 5 nitrogen and oxygen atoms in total. The number of carbonyl (C=O) groups is 3. The number of carbonyl (C=O) groups excluding carboxylic acids is 2. The second-order valence-electron chi connectivity index (χ2n) is 7.39. The highest BCUT2D eigenvalue weighted by molar-refractivity contribution is 6.04. The molecule has 156 valence electrons. The van der Waals surface area contributed by atoms with Crippen molar-refractivity contribution in [2.45, 2.75) is 6.42 Å². The van der Waals surface area contributed by atoms with Gasteiger partial charge in [-0.05, 0) is 47.9 Å². The van der Waals surface area contributed by atoms with Gasteiger partial charge in [0, 0.05) is 22.7 Å². The normalized spacial score (nSPS) is 17.1. The Labute approximate surface area is 176 Å². The van der Waals surface area contributed by atoms with Crippen molar-refractivity contribution in [3.63, 3.8) is 0 Å². The van der Waals surface area contributed by atoms with Gasteiger partial charge in [0.25, 0.3) is 5.91 Å². The van der Waals surface area contributed by atoms with Gasteiger partial charge in [0.05, 0.1) is 5.92 Å². The van der Waals surface area contributed by atoms with Gasteiger partial charge < -0.3 is 10.4 Å². The average molecular weight is 421 g/mol. The first kappa shape index (κ1) is 20.4. The van der Waals surface area contributed by atoms with E-state index in [1.807, 2.05) is 0 Å². The molecule has 1 aliphatic rings. The summed E-state index contributed by atoms with van der Waals surface area (Å²) in [4.78, 5) is 35.5. The molecule has 3 aromatic rings. The molecule has 1 saturated carbocycles. The van der Waals surface area contributed by atoms with Crippen molar-refractivity contribution in [3.8, 4) is 11.1 Å².